The largest absolute Gasteiger partial charge is 0.496 e. The molecule has 1 aliphatic rings. The van der Waals surface area contributed by atoms with Crippen LogP contribution in [0.15, 0.2) is 18.2 Å². The van der Waals surface area contributed by atoms with E-state index in [0.717, 1.165) is 11.5 Å². The van der Waals surface area contributed by atoms with Gasteiger partial charge in [-0.25, -0.2) is 0 Å². The second kappa shape index (κ2) is 6.44. The van der Waals surface area contributed by atoms with Crippen molar-refractivity contribution in [3.63, 3.8) is 0 Å². The minimum absolute atomic E-state index is 0.178. The van der Waals surface area contributed by atoms with E-state index >= 15 is 0 Å². The van der Waals surface area contributed by atoms with Crippen LogP contribution >= 0.6 is 15.8 Å². The van der Waals surface area contributed by atoms with Gasteiger partial charge in [0.05, 0.1) is 12.4 Å². The highest BCUT2D eigenvalue weighted by atomic mass is 31.2. The second-order valence-electron chi connectivity index (χ2n) is 9.50. The monoisotopic (exact) mass is 368 g/mol. The highest BCUT2D eigenvalue weighted by Crippen LogP contribution is 2.75. The molecule has 1 aliphatic heterocycles. The first-order valence-electron chi connectivity index (χ1n) is 8.71. The van der Waals surface area contributed by atoms with Crippen LogP contribution in [-0.2, 0) is 0 Å². The van der Waals surface area contributed by atoms with Gasteiger partial charge in [-0.15, -0.1) is 0 Å². The van der Waals surface area contributed by atoms with Crippen molar-refractivity contribution >= 4 is 21.1 Å². The first-order chi connectivity index (χ1) is 10.8. The zero-order valence-electron chi connectivity index (χ0n) is 17.0. The molecule has 2 nitrogen and oxygen atoms in total. The van der Waals surface area contributed by atoms with Gasteiger partial charge in [0.15, 0.2) is 0 Å². The van der Waals surface area contributed by atoms with Crippen LogP contribution in [-0.4, -0.2) is 28.2 Å². The maximum atomic E-state index is 6.68. The lowest BCUT2D eigenvalue weighted by Crippen LogP contribution is -2.35. The number of hydrogen-bond acceptors (Lipinski definition) is 2. The van der Waals surface area contributed by atoms with Crippen LogP contribution in [0.5, 0.6) is 11.5 Å². The molecule has 24 heavy (non-hydrogen) atoms. The zero-order valence-corrected chi connectivity index (χ0v) is 18.8. The summed E-state index contributed by atoms with van der Waals surface area (Å²) in [6, 6.07) is 6.26. The average molecular weight is 368 g/mol. The minimum Gasteiger partial charge on any atom is -0.496 e. The van der Waals surface area contributed by atoms with Crippen LogP contribution in [0.25, 0.3) is 0 Å². The number of rotatable bonds is 2. The van der Waals surface area contributed by atoms with E-state index in [4.69, 9.17) is 9.47 Å². The molecule has 1 aromatic carbocycles. The molecule has 0 aliphatic carbocycles. The highest BCUT2D eigenvalue weighted by Gasteiger charge is 2.52. The van der Waals surface area contributed by atoms with Gasteiger partial charge in [-0.05, 0) is 43.4 Å². The van der Waals surface area contributed by atoms with Gasteiger partial charge in [-0.1, -0.05) is 68.4 Å². The molecule has 1 heterocycles. The maximum Gasteiger partial charge on any atom is 0.141 e. The molecule has 1 aromatic rings. The van der Waals surface area contributed by atoms with Crippen LogP contribution in [0.2, 0.25) is 0 Å². The van der Waals surface area contributed by atoms with Crippen molar-refractivity contribution in [2.24, 2.45) is 0 Å². The zero-order chi connectivity index (χ0) is 18.5. The first-order valence-corrected chi connectivity index (χ1v) is 11.5. The molecule has 4 heteroatoms. The molecule has 0 spiro atoms. The molecule has 0 N–H and O–H groups in total. The van der Waals surface area contributed by atoms with E-state index in [2.05, 4.69) is 74.4 Å². The molecule has 0 amide bonds. The van der Waals surface area contributed by atoms with Crippen LogP contribution in [0.3, 0.4) is 0 Å². The lowest BCUT2D eigenvalue weighted by molar-refractivity contribution is 0.357. The molecule has 2 rings (SSSR count). The maximum absolute atomic E-state index is 6.68. The number of benzene rings is 1. The third kappa shape index (κ3) is 3.76. The van der Waals surface area contributed by atoms with Gasteiger partial charge < -0.3 is 9.47 Å². The van der Waals surface area contributed by atoms with E-state index in [-0.39, 0.29) is 29.0 Å². The van der Waals surface area contributed by atoms with Crippen molar-refractivity contribution in [3.05, 3.63) is 18.2 Å². The quantitative estimate of drug-likeness (QED) is 0.566. The summed E-state index contributed by atoms with van der Waals surface area (Å²) in [5, 5.41) is 1.98. The van der Waals surface area contributed by atoms with E-state index < -0.39 is 7.92 Å². The summed E-state index contributed by atoms with van der Waals surface area (Å²) in [5.41, 5.74) is 0.279. The Kier molecular flexibility index (Phi) is 5.37. The van der Waals surface area contributed by atoms with E-state index in [1.165, 1.54) is 5.30 Å². The van der Waals surface area contributed by atoms with Crippen molar-refractivity contribution in [2.75, 3.05) is 7.11 Å². The molecule has 0 aromatic heterocycles. The van der Waals surface area contributed by atoms with Gasteiger partial charge in [0.25, 0.3) is 0 Å². The first kappa shape index (κ1) is 20.0. The van der Waals surface area contributed by atoms with Gasteiger partial charge in [-0.2, -0.15) is 0 Å². The second-order valence-corrected chi connectivity index (χ2v) is 16.8. The minimum atomic E-state index is -0.478. The Morgan fingerprint density at radius 2 is 1.50 bits per heavy atom. The van der Waals surface area contributed by atoms with Crippen molar-refractivity contribution in [1.29, 1.82) is 0 Å². The third-order valence-electron chi connectivity index (χ3n) is 4.27. The van der Waals surface area contributed by atoms with Crippen molar-refractivity contribution < 1.29 is 9.47 Å². The number of ether oxygens (including phenoxy) is 2. The van der Waals surface area contributed by atoms with E-state index in [1.807, 2.05) is 6.07 Å². The van der Waals surface area contributed by atoms with Gasteiger partial charge in [-0.3, -0.25) is 0 Å². The molecular weight excluding hydrogens is 334 g/mol. The lowest BCUT2D eigenvalue weighted by atomic mass is 10.2. The standard InChI is InChI=1S/C20H34O2P2/c1-18(2,3)23-16-14(21-10)12-11-13-15(16)22-17(23)24(19(4,5)6)20(7,8)9/h11-13,17H,1-10H3/t17?,23-/m0/s1. The Morgan fingerprint density at radius 3 is 1.92 bits per heavy atom. The normalized spacial score (nSPS) is 21.6. The summed E-state index contributed by atoms with van der Waals surface area (Å²) < 4.78 is 12.4. The molecule has 1 unspecified atom stereocenters. The molecule has 0 bridgehead atoms. The summed E-state index contributed by atoms with van der Waals surface area (Å²) in [5.74, 6) is 2.04. The summed E-state index contributed by atoms with van der Waals surface area (Å²) in [6.45, 7) is 21.3. The summed E-state index contributed by atoms with van der Waals surface area (Å²) in [7, 11) is 0.935. The fourth-order valence-electron chi connectivity index (χ4n) is 3.78. The van der Waals surface area contributed by atoms with Crippen LogP contribution in [0.4, 0.5) is 0 Å². The predicted molar refractivity (Wildman–Crippen MR) is 110 cm³/mol. The summed E-state index contributed by atoms with van der Waals surface area (Å²) in [6.07, 6.45) is 0. The smallest absolute Gasteiger partial charge is 0.141 e. The Bertz CT molecular complexity index is 577. The third-order valence-corrected chi connectivity index (χ3v) is 12.0. The van der Waals surface area contributed by atoms with E-state index in [0.29, 0.717) is 0 Å². The average Bonchev–Trinajstić information content (AvgIpc) is 2.72. The Morgan fingerprint density at radius 1 is 0.958 bits per heavy atom. The predicted octanol–water partition coefficient (Wildman–Crippen LogP) is 6.36. The fraction of sp³-hybridized carbons (Fsp3) is 0.700. The molecule has 0 fully saturated rings. The highest BCUT2D eigenvalue weighted by molar-refractivity contribution is 7.82. The van der Waals surface area contributed by atoms with Gasteiger partial charge in [0, 0.05) is 0 Å². The van der Waals surface area contributed by atoms with Gasteiger partial charge in [0.2, 0.25) is 0 Å². The van der Waals surface area contributed by atoms with E-state index in [9.17, 15) is 0 Å². The molecule has 0 saturated heterocycles. The summed E-state index contributed by atoms with van der Waals surface area (Å²) >= 11 is 0. The van der Waals surface area contributed by atoms with E-state index in [1.54, 1.807) is 7.11 Å². The SMILES string of the molecule is COc1cccc2c1[P@](C(C)(C)C)C(P(C(C)(C)C)C(C)(C)C)O2. The van der Waals surface area contributed by atoms with Crippen LogP contribution in [0.1, 0.15) is 62.3 Å². The Hall–Kier alpha value is -0.320. The molecule has 0 radical (unpaired) electrons. The summed E-state index contributed by atoms with van der Waals surface area (Å²) in [4.78, 5) is 0. The van der Waals surface area contributed by atoms with Gasteiger partial charge >= 0.3 is 0 Å². The van der Waals surface area contributed by atoms with Crippen molar-refractivity contribution in [2.45, 2.75) is 83.4 Å². The topological polar surface area (TPSA) is 18.5 Å². The molecule has 2 atom stereocenters. The Balaban J connectivity index is 2.63. The van der Waals surface area contributed by atoms with Crippen LogP contribution in [0, 0.1) is 0 Å². The number of fused-ring (bicyclic) bond motifs is 1. The lowest BCUT2D eigenvalue weighted by Gasteiger charge is -2.48. The molecule has 0 saturated carbocycles. The number of hydrogen-bond donors (Lipinski definition) is 0. The Labute approximate surface area is 151 Å². The van der Waals surface area contributed by atoms with Crippen molar-refractivity contribution in [1.82, 2.24) is 0 Å². The van der Waals surface area contributed by atoms with Gasteiger partial charge in [0.1, 0.15) is 17.1 Å². The van der Waals surface area contributed by atoms with Crippen LogP contribution < -0.4 is 14.8 Å². The fourth-order valence-corrected chi connectivity index (χ4v) is 14.3. The number of methoxy groups -OCH3 is 1. The molecular formula is C20H34O2P2. The van der Waals surface area contributed by atoms with Crippen molar-refractivity contribution in [3.8, 4) is 11.5 Å². The molecule has 136 valence electrons.